The van der Waals surface area contributed by atoms with E-state index in [4.69, 9.17) is 23.7 Å². The molecule has 1 saturated heterocycles. The minimum Gasteiger partial charge on any atom is -0.463 e. The van der Waals surface area contributed by atoms with Gasteiger partial charge in [-0.25, -0.2) is 9.59 Å². The summed E-state index contributed by atoms with van der Waals surface area (Å²) < 4.78 is 28.6. The molecular formula is C34H46O9. The van der Waals surface area contributed by atoms with Crippen molar-refractivity contribution < 1.29 is 43.2 Å². The number of benzene rings is 2. The van der Waals surface area contributed by atoms with Gasteiger partial charge in [0.1, 0.15) is 18.8 Å². The largest absolute Gasteiger partial charge is 0.463 e. The van der Waals surface area contributed by atoms with Crippen LogP contribution in [0.2, 0.25) is 0 Å². The van der Waals surface area contributed by atoms with E-state index < -0.39 is 48.6 Å². The van der Waals surface area contributed by atoms with E-state index in [0.717, 1.165) is 19.3 Å². The quantitative estimate of drug-likeness (QED) is 0.125. The molecule has 0 spiro atoms. The predicted molar refractivity (Wildman–Crippen MR) is 160 cm³/mol. The van der Waals surface area contributed by atoms with Crippen LogP contribution in [0.25, 0.3) is 0 Å². The summed E-state index contributed by atoms with van der Waals surface area (Å²) in [5.74, 6) is -1.96. The van der Waals surface area contributed by atoms with Gasteiger partial charge in [0.15, 0.2) is 18.5 Å². The Labute approximate surface area is 254 Å². The van der Waals surface area contributed by atoms with Crippen LogP contribution < -0.4 is 0 Å². The Kier molecular flexibility index (Phi) is 15.2. The van der Waals surface area contributed by atoms with Crippen molar-refractivity contribution >= 4 is 17.9 Å². The highest BCUT2D eigenvalue weighted by atomic mass is 16.7. The summed E-state index contributed by atoms with van der Waals surface area (Å²) in [6.07, 6.45) is 5.24. The second kappa shape index (κ2) is 19.1. The molecule has 0 radical (unpaired) electrons. The van der Waals surface area contributed by atoms with E-state index >= 15 is 0 Å². The van der Waals surface area contributed by atoms with E-state index in [-0.39, 0.29) is 17.7 Å². The van der Waals surface area contributed by atoms with Gasteiger partial charge < -0.3 is 28.8 Å². The van der Waals surface area contributed by atoms with E-state index in [9.17, 15) is 19.5 Å². The molecule has 236 valence electrons. The summed E-state index contributed by atoms with van der Waals surface area (Å²) in [6.45, 7) is 3.47. The molecule has 5 atom stereocenters. The second-order valence-corrected chi connectivity index (χ2v) is 10.9. The standard InChI is InChI=1S/C34H46O9/c1-3-4-5-6-7-8-9-10-11-18-23-39-34-31(43-33(38)27-21-16-13-17-22-27)29(36)30(28(41-34)24-40-25(2)35)42-32(37)26-19-14-12-15-20-26/h12-17,19-22,28-31,34,36H,3-11,18,23-24H2,1-2H3/t28-,29+,30-,31-,34-/m1/s1. The lowest BCUT2D eigenvalue weighted by atomic mass is 9.98. The molecule has 0 aliphatic carbocycles. The van der Waals surface area contributed by atoms with Crippen molar-refractivity contribution in [1.82, 2.24) is 0 Å². The number of carbonyl (C=O) groups excluding carboxylic acids is 3. The molecule has 1 N–H and O–H groups in total. The van der Waals surface area contributed by atoms with Gasteiger partial charge in [-0.1, -0.05) is 101 Å². The molecule has 2 aromatic rings. The number of ether oxygens (including phenoxy) is 5. The molecule has 0 aromatic heterocycles. The lowest BCUT2D eigenvalue weighted by Crippen LogP contribution is -2.62. The Morgan fingerprint density at radius 1 is 0.721 bits per heavy atom. The lowest BCUT2D eigenvalue weighted by Gasteiger charge is -2.43. The molecule has 1 heterocycles. The van der Waals surface area contributed by atoms with Crippen molar-refractivity contribution in [2.24, 2.45) is 0 Å². The van der Waals surface area contributed by atoms with Crippen LogP contribution in [0.4, 0.5) is 0 Å². The van der Waals surface area contributed by atoms with Gasteiger partial charge in [0.25, 0.3) is 0 Å². The van der Waals surface area contributed by atoms with Crippen LogP contribution in [0.3, 0.4) is 0 Å². The fraction of sp³-hybridized carbons (Fsp3) is 0.559. The molecule has 0 amide bonds. The molecule has 1 fully saturated rings. The zero-order valence-electron chi connectivity index (χ0n) is 25.4. The normalized spacial score (nSPS) is 21.6. The van der Waals surface area contributed by atoms with Crippen LogP contribution in [0, 0.1) is 0 Å². The smallest absolute Gasteiger partial charge is 0.338 e. The molecule has 2 aromatic carbocycles. The molecule has 1 aliphatic heterocycles. The lowest BCUT2D eigenvalue weighted by molar-refractivity contribution is -0.300. The van der Waals surface area contributed by atoms with E-state index in [1.54, 1.807) is 60.7 Å². The van der Waals surface area contributed by atoms with Crippen molar-refractivity contribution in [3.63, 3.8) is 0 Å². The monoisotopic (exact) mass is 598 g/mol. The summed E-state index contributed by atoms with van der Waals surface area (Å²) in [7, 11) is 0. The Hall–Kier alpha value is -3.27. The zero-order valence-corrected chi connectivity index (χ0v) is 25.4. The Morgan fingerprint density at radius 2 is 1.21 bits per heavy atom. The highest BCUT2D eigenvalue weighted by molar-refractivity contribution is 5.90. The molecule has 0 bridgehead atoms. The van der Waals surface area contributed by atoms with Crippen LogP contribution in [0.5, 0.6) is 0 Å². The molecule has 0 unspecified atom stereocenters. The first kappa shape index (κ1) is 34.2. The van der Waals surface area contributed by atoms with Crippen LogP contribution >= 0.6 is 0 Å². The fourth-order valence-corrected chi connectivity index (χ4v) is 4.95. The van der Waals surface area contributed by atoms with Gasteiger partial charge in [0.2, 0.25) is 0 Å². The maximum absolute atomic E-state index is 13.0. The van der Waals surface area contributed by atoms with Crippen molar-refractivity contribution in [2.45, 2.75) is 109 Å². The molecule has 9 heteroatoms. The Balaban J connectivity index is 1.66. The minimum absolute atomic E-state index is 0.262. The molecule has 3 rings (SSSR count). The number of hydrogen-bond donors (Lipinski definition) is 1. The van der Waals surface area contributed by atoms with Gasteiger partial charge in [0, 0.05) is 13.5 Å². The third kappa shape index (κ3) is 11.7. The highest BCUT2D eigenvalue weighted by Gasteiger charge is 2.50. The summed E-state index contributed by atoms with van der Waals surface area (Å²) in [4.78, 5) is 37.5. The molecule has 0 saturated carbocycles. The van der Waals surface area contributed by atoms with E-state index in [0.29, 0.717) is 6.61 Å². The summed E-state index contributed by atoms with van der Waals surface area (Å²) in [6, 6.07) is 16.6. The topological polar surface area (TPSA) is 118 Å². The van der Waals surface area contributed by atoms with Crippen molar-refractivity contribution in [1.29, 1.82) is 0 Å². The Morgan fingerprint density at radius 3 is 1.72 bits per heavy atom. The number of carbonyl (C=O) groups is 3. The number of hydrogen-bond acceptors (Lipinski definition) is 9. The van der Waals surface area contributed by atoms with E-state index in [1.165, 1.54) is 51.9 Å². The number of esters is 3. The van der Waals surface area contributed by atoms with Gasteiger partial charge in [0.05, 0.1) is 11.1 Å². The Bertz CT molecular complexity index is 1090. The third-order valence-corrected chi connectivity index (χ3v) is 7.35. The molecule has 9 nitrogen and oxygen atoms in total. The van der Waals surface area contributed by atoms with Gasteiger partial charge in [-0.05, 0) is 30.7 Å². The van der Waals surface area contributed by atoms with Crippen LogP contribution in [-0.4, -0.2) is 66.9 Å². The first-order valence-corrected chi connectivity index (χ1v) is 15.5. The van der Waals surface area contributed by atoms with Crippen molar-refractivity contribution in [3.8, 4) is 0 Å². The number of rotatable bonds is 18. The average molecular weight is 599 g/mol. The van der Waals surface area contributed by atoms with Gasteiger partial charge in [-0.3, -0.25) is 4.79 Å². The zero-order chi connectivity index (χ0) is 30.9. The second-order valence-electron chi connectivity index (χ2n) is 10.9. The summed E-state index contributed by atoms with van der Waals surface area (Å²) in [5.41, 5.74) is 0.543. The molecular weight excluding hydrogens is 552 g/mol. The van der Waals surface area contributed by atoms with E-state index in [2.05, 4.69) is 6.92 Å². The average Bonchev–Trinajstić information content (AvgIpc) is 3.02. The highest BCUT2D eigenvalue weighted by Crippen LogP contribution is 2.29. The van der Waals surface area contributed by atoms with Crippen LogP contribution in [-0.2, 0) is 28.5 Å². The van der Waals surface area contributed by atoms with Crippen molar-refractivity contribution in [2.75, 3.05) is 13.2 Å². The SMILES string of the molecule is CCCCCCCCCCCCO[C@@H]1O[C@H](COC(C)=O)[C@@H](OC(=O)c2ccccc2)[C@H](O)[C@H]1OC(=O)c1ccccc1. The number of aliphatic hydroxyl groups excluding tert-OH is 1. The van der Waals surface area contributed by atoms with Crippen LogP contribution in [0.1, 0.15) is 98.8 Å². The number of unbranched alkanes of at least 4 members (excludes halogenated alkanes) is 9. The first-order valence-electron chi connectivity index (χ1n) is 15.5. The number of aliphatic hydroxyl groups is 1. The third-order valence-electron chi connectivity index (χ3n) is 7.35. The predicted octanol–water partition coefficient (Wildman–Crippen LogP) is 6.02. The van der Waals surface area contributed by atoms with Gasteiger partial charge in [-0.2, -0.15) is 0 Å². The van der Waals surface area contributed by atoms with Gasteiger partial charge in [-0.15, -0.1) is 0 Å². The van der Waals surface area contributed by atoms with Crippen LogP contribution in [0.15, 0.2) is 60.7 Å². The maximum atomic E-state index is 13.0. The molecule has 1 aliphatic rings. The van der Waals surface area contributed by atoms with Gasteiger partial charge >= 0.3 is 17.9 Å². The van der Waals surface area contributed by atoms with Crippen molar-refractivity contribution in [3.05, 3.63) is 71.8 Å². The minimum atomic E-state index is -1.52. The maximum Gasteiger partial charge on any atom is 0.338 e. The first-order chi connectivity index (χ1) is 20.9. The summed E-state index contributed by atoms with van der Waals surface area (Å²) >= 11 is 0. The molecule has 43 heavy (non-hydrogen) atoms. The summed E-state index contributed by atoms with van der Waals surface area (Å²) in [5, 5.41) is 11.4. The van der Waals surface area contributed by atoms with E-state index in [1.807, 2.05) is 0 Å². The fourth-order valence-electron chi connectivity index (χ4n) is 4.95.